The zero-order valence-corrected chi connectivity index (χ0v) is 14.9. The Bertz CT molecular complexity index is 578. The van der Waals surface area contributed by atoms with E-state index in [0.717, 1.165) is 24.4 Å². The van der Waals surface area contributed by atoms with Gasteiger partial charge in [-0.2, -0.15) is 0 Å². The van der Waals surface area contributed by atoms with E-state index in [-0.39, 0.29) is 0 Å². The van der Waals surface area contributed by atoms with E-state index in [2.05, 4.69) is 61.6 Å². The number of thiazole rings is 1. The van der Waals surface area contributed by atoms with Crippen LogP contribution in [0.25, 0.3) is 0 Å². The second-order valence-corrected chi connectivity index (χ2v) is 7.56. The molecule has 0 aliphatic heterocycles. The Kier molecular flexibility index (Phi) is 6.27. The number of nitrogens with zero attached hydrogens (tertiary/aromatic N) is 1. The molecule has 1 unspecified atom stereocenters. The van der Waals surface area contributed by atoms with Crippen LogP contribution in [0, 0.1) is 20.8 Å². The molecular formula is C17H24N2S2. The van der Waals surface area contributed by atoms with Crippen molar-refractivity contribution in [3.63, 3.8) is 0 Å². The lowest BCUT2D eigenvalue weighted by molar-refractivity contribution is 0.575. The fourth-order valence-corrected chi connectivity index (χ4v) is 4.30. The summed E-state index contributed by atoms with van der Waals surface area (Å²) in [6.07, 6.45) is 1.16. The molecule has 1 N–H and O–H groups in total. The zero-order chi connectivity index (χ0) is 15.2. The summed E-state index contributed by atoms with van der Waals surface area (Å²) in [5.74, 6) is 1.02. The van der Waals surface area contributed by atoms with Crippen molar-refractivity contribution in [1.29, 1.82) is 0 Å². The van der Waals surface area contributed by atoms with Crippen LogP contribution in [0.3, 0.4) is 0 Å². The first-order valence-corrected chi connectivity index (χ1v) is 9.32. The molecule has 0 fully saturated rings. The van der Waals surface area contributed by atoms with Gasteiger partial charge in [0.1, 0.15) is 4.34 Å². The van der Waals surface area contributed by atoms with Gasteiger partial charge in [-0.15, -0.1) is 11.3 Å². The van der Waals surface area contributed by atoms with Gasteiger partial charge in [-0.3, -0.25) is 0 Å². The van der Waals surface area contributed by atoms with Gasteiger partial charge in [-0.1, -0.05) is 42.4 Å². The van der Waals surface area contributed by atoms with Crippen molar-refractivity contribution in [2.45, 2.75) is 44.5 Å². The summed E-state index contributed by atoms with van der Waals surface area (Å²) in [5.41, 5.74) is 5.23. The number of aromatic nitrogens is 1. The minimum Gasteiger partial charge on any atom is -0.309 e. The highest BCUT2D eigenvalue weighted by atomic mass is 32.2. The van der Waals surface area contributed by atoms with Gasteiger partial charge in [0.05, 0.1) is 0 Å². The molecule has 0 amide bonds. The molecule has 1 aromatic carbocycles. The number of nitrogens with one attached hydrogen (secondary N) is 1. The summed E-state index contributed by atoms with van der Waals surface area (Å²) < 4.78 is 1.17. The van der Waals surface area contributed by atoms with Crippen LogP contribution in [-0.4, -0.2) is 17.3 Å². The number of aryl methyl sites for hydroxylation is 3. The SMILES string of the molecule is CCCNC(CSc1nc(C)cs1)c1ccc(C)cc1C. The van der Waals surface area contributed by atoms with E-state index in [1.807, 2.05) is 11.8 Å². The highest BCUT2D eigenvalue weighted by Crippen LogP contribution is 2.29. The summed E-state index contributed by atoms with van der Waals surface area (Å²) in [6, 6.07) is 7.14. The molecule has 4 heteroatoms. The fraction of sp³-hybridized carbons (Fsp3) is 0.471. The monoisotopic (exact) mass is 320 g/mol. The number of benzene rings is 1. The first-order chi connectivity index (χ1) is 10.1. The lowest BCUT2D eigenvalue weighted by atomic mass is 10.00. The van der Waals surface area contributed by atoms with Gasteiger partial charge in [0.25, 0.3) is 0 Å². The largest absolute Gasteiger partial charge is 0.309 e. The number of rotatable bonds is 7. The maximum atomic E-state index is 4.55. The Morgan fingerprint density at radius 1 is 1.29 bits per heavy atom. The van der Waals surface area contributed by atoms with Crippen molar-refractivity contribution in [2.24, 2.45) is 0 Å². The highest BCUT2D eigenvalue weighted by molar-refractivity contribution is 8.01. The third-order valence-electron chi connectivity index (χ3n) is 3.41. The van der Waals surface area contributed by atoms with E-state index in [0.29, 0.717) is 6.04 Å². The van der Waals surface area contributed by atoms with Crippen molar-refractivity contribution >= 4 is 23.1 Å². The maximum absolute atomic E-state index is 4.55. The molecular weight excluding hydrogens is 296 g/mol. The molecule has 1 atom stereocenters. The first kappa shape index (κ1) is 16.5. The van der Waals surface area contributed by atoms with Gasteiger partial charge in [-0.25, -0.2) is 4.98 Å². The number of hydrogen-bond acceptors (Lipinski definition) is 4. The lowest BCUT2D eigenvalue weighted by Crippen LogP contribution is -2.24. The van der Waals surface area contributed by atoms with Gasteiger partial charge in [0.2, 0.25) is 0 Å². The molecule has 0 spiro atoms. The van der Waals surface area contributed by atoms with Crippen molar-refractivity contribution in [1.82, 2.24) is 10.3 Å². The van der Waals surface area contributed by atoms with E-state index in [4.69, 9.17) is 0 Å². The Morgan fingerprint density at radius 3 is 2.71 bits per heavy atom. The van der Waals surface area contributed by atoms with E-state index in [1.165, 1.54) is 21.0 Å². The topological polar surface area (TPSA) is 24.9 Å². The molecule has 1 aromatic heterocycles. The van der Waals surface area contributed by atoms with Crippen LogP contribution in [0.15, 0.2) is 27.9 Å². The Balaban J connectivity index is 2.09. The molecule has 0 radical (unpaired) electrons. The molecule has 21 heavy (non-hydrogen) atoms. The van der Waals surface area contributed by atoms with Gasteiger partial charge in [0.15, 0.2) is 0 Å². The smallest absolute Gasteiger partial charge is 0.150 e. The molecule has 1 heterocycles. The summed E-state index contributed by atoms with van der Waals surface area (Å²) in [4.78, 5) is 4.55. The molecule has 114 valence electrons. The molecule has 0 bridgehead atoms. The fourth-order valence-electron chi connectivity index (χ4n) is 2.35. The minimum atomic E-state index is 0.389. The maximum Gasteiger partial charge on any atom is 0.150 e. The van der Waals surface area contributed by atoms with E-state index < -0.39 is 0 Å². The van der Waals surface area contributed by atoms with Crippen molar-refractivity contribution in [3.05, 3.63) is 46.0 Å². The first-order valence-electron chi connectivity index (χ1n) is 7.45. The quantitative estimate of drug-likeness (QED) is 0.734. The van der Waals surface area contributed by atoms with Gasteiger partial charge >= 0.3 is 0 Å². The molecule has 0 aliphatic rings. The van der Waals surface area contributed by atoms with Crippen molar-refractivity contribution in [2.75, 3.05) is 12.3 Å². The minimum absolute atomic E-state index is 0.389. The Morgan fingerprint density at radius 2 is 2.10 bits per heavy atom. The summed E-state index contributed by atoms with van der Waals surface area (Å²) >= 11 is 3.59. The van der Waals surface area contributed by atoms with Crippen LogP contribution in [0.1, 0.15) is 41.8 Å². The molecule has 2 rings (SSSR count). The molecule has 2 nitrogen and oxygen atoms in total. The Hall–Kier alpha value is -0.840. The predicted octanol–water partition coefficient (Wildman–Crippen LogP) is 4.90. The summed E-state index contributed by atoms with van der Waals surface area (Å²) in [7, 11) is 0. The average Bonchev–Trinajstić information content (AvgIpc) is 2.86. The molecule has 0 aliphatic carbocycles. The number of hydrogen-bond donors (Lipinski definition) is 1. The molecule has 2 aromatic rings. The highest BCUT2D eigenvalue weighted by Gasteiger charge is 2.14. The van der Waals surface area contributed by atoms with E-state index >= 15 is 0 Å². The van der Waals surface area contributed by atoms with Crippen LogP contribution >= 0.6 is 23.1 Å². The van der Waals surface area contributed by atoms with Crippen LogP contribution in [0.4, 0.5) is 0 Å². The van der Waals surface area contributed by atoms with Crippen LogP contribution in [0.2, 0.25) is 0 Å². The third kappa shape index (κ3) is 4.83. The standard InChI is InChI=1S/C17H24N2S2/c1-5-8-18-16(11-21-17-19-14(4)10-20-17)15-7-6-12(2)9-13(15)3/h6-7,9-10,16,18H,5,8,11H2,1-4H3. The lowest BCUT2D eigenvalue weighted by Gasteiger charge is -2.20. The van der Waals surface area contributed by atoms with Gasteiger partial charge in [0, 0.05) is 22.9 Å². The number of thioether (sulfide) groups is 1. The Labute approximate surface area is 136 Å². The second-order valence-electron chi connectivity index (χ2n) is 5.43. The normalized spacial score (nSPS) is 12.6. The summed E-state index contributed by atoms with van der Waals surface area (Å²) in [6.45, 7) is 9.68. The second kappa shape index (κ2) is 7.97. The summed E-state index contributed by atoms with van der Waals surface area (Å²) in [5, 5.41) is 5.80. The molecule has 0 saturated heterocycles. The van der Waals surface area contributed by atoms with Crippen LogP contribution < -0.4 is 5.32 Å². The van der Waals surface area contributed by atoms with E-state index in [9.17, 15) is 0 Å². The average molecular weight is 321 g/mol. The van der Waals surface area contributed by atoms with Gasteiger partial charge < -0.3 is 5.32 Å². The van der Waals surface area contributed by atoms with Crippen molar-refractivity contribution in [3.8, 4) is 0 Å². The predicted molar refractivity (Wildman–Crippen MR) is 94.5 cm³/mol. The van der Waals surface area contributed by atoms with Gasteiger partial charge in [-0.05, 0) is 44.9 Å². The third-order valence-corrected chi connectivity index (χ3v) is 5.65. The molecule has 0 saturated carbocycles. The zero-order valence-electron chi connectivity index (χ0n) is 13.3. The van der Waals surface area contributed by atoms with Crippen LogP contribution in [0.5, 0.6) is 0 Å². The van der Waals surface area contributed by atoms with Crippen LogP contribution in [-0.2, 0) is 0 Å². The van der Waals surface area contributed by atoms with E-state index in [1.54, 1.807) is 11.3 Å². The van der Waals surface area contributed by atoms with Crippen molar-refractivity contribution < 1.29 is 0 Å².